The number of morpholine rings is 1. The monoisotopic (exact) mass is 487 g/mol. The van der Waals surface area contributed by atoms with E-state index < -0.39 is 12.1 Å². The first-order chi connectivity index (χ1) is 15.6. The zero-order valence-electron chi connectivity index (χ0n) is 17.5. The number of fused-ring (bicyclic) bond motifs is 1. The summed E-state index contributed by atoms with van der Waals surface area (Å²) in [4.78, 5) is 34.6. The van der Waals surface area contributed by atoms with Crippen molar-refractivity contribution in [3.05, 3.63) is 41.2 Å². The summed E-state index contributed by atoms with van der Waals surface area (Å²) in [6, 6.07) is 7.18. The van der Waals surface area contributed by atoms with Crippen molar-refractivity contribution in [3.63, 3.8) is 0 Å². The molecule has 0 aliphatic carbocycles. The second-order valence-electron chi connectivity index (χ2n) is 7.21. The van der Waals surface area contributed by atoms with Crippen LogP contribution in [0.25, 0.3) is 0 Å². The number of carboxylic acid groups (broad SMARTS) is 1. The first-order valence-corrected chi connectivity index (χ1v) is 10.3. The number of hydrogen-bond acceptors (Lipinski definition) is 7. The number of nitrogens with one attached hydrogen (secondary N) is 1. The van der Waals surface area contributed by atoms with Crippen LogP contribution in [0.4, 0.5) is 30.5 Å². The number of hydrogen-bond donors (Lipinski definition) is 2. The molecule has 2 N–H and O–H groups in total. The van der Waals surface area contributed by atoms with Crippen LogP contribution in [0.1, 0.15) is 12.5 Å². The van der Waals surface area contributed by atoms with Crippen LogP contribution in [0.5, 0.6) is 0 Å². The molecule has 1 unspecified atom stereocenters. The smallest absolute Gasteiger partial charge is 0.475 e. The number of rotatable bonds is 3. The summed E-state index contributed by atoms with van der Waals surface area (Å²) in [5.74, 6) is -1.31. The highest BCUT2D eigenvalue weighted by molar-refractivity contribution is 6.30. The molecule has 0 bridgehead atoms. The summed E-state index contributed by atoms with van der Waals surface area (Å²) >= 11 is 5.99. The van der Waals surface area contributed by atoms with E-state index in [0.29, 0.717) is 30.6 Å². The number of carbonyl (C=O) groups excluding carboxylic acids is 1. The minimum absolute atomic E-state index is 0.00300. The molecule has 4 rings (SSSR count). The van der Waals surface area contributed by atoms with Crippen molar-refractivity contribution in [2.24, 2.45) is 0 Å². The number of alkyl halides is 3. The quantitative estimate of drug-likeness (QED) is 0.680. The van der Waals surface area contributed by atoms with Gasteiger partial charge in [-0.1, -0.05) is 23.7 Å². The van der Waals surface area contributed by atoms with Gasteiger partial charge in [-0.15, -0.1) is 0 Å². The van der Waals surface area contributed by atoms with Crippen molar-refractivity contribution in [1.29, 1.82) is 0 Å². The molecule has 1 aromatic carbocycles. The summed E-state index contributed by atoms with van der Waals surface area (Å²) in [7, 11) is 0. The summed E-state index contributed by atoms with van der Waals surface area (Å²) in [5, 5.41) is 11.0. The molecule has 9 nitrogen and oxygen atoms in total. The minimum Gasteiger partial charge on any atom is -0.475 e. The van der Waals surface area contributed by atoms with Crippen molar-refractivity contribution in [1.82, 2.24) is 9.97 Å². The molecule has 0 spiro atoms. The summed E-state index contributed by atoms with van der Waals surface area (Å²) in [5.41, 5.74) is 1.73. The van der Waals surface area contributed by atoms with Gasteiger partial charge in [0.1, 0.15) is 18.1 Å². The Morgan fingerprint density at radius 1 is 1.24 bits per heavy atom. The van der Waals surface area contributed by atoms with Gasteiger partial charge in [0.2, 0.25) is 5.91 Å². The maximum absolute atomic E-state index is 12.9. The highest BCUT2D eigenvalue weighted by atomic mass is 35.5. The molecular weight excluding hydrogens is 467 g/mol. The predicted molar refractivity (Wildman–Crippen MR) is 114 cm³/mol. The molecule has 0 radical (unpaired) electrons. The average Bonchev–Trinajstić information content (AvgIpc) is 2.78. The van der Waals surface area contributed by atoms with Crippen LogP contribution >= 0.6 is 11.6 Å². The van der Waals surface area contributed by atoms with Crippen LogP contribution in [0.2, 0.25) is 5.02 Å². The average molecular weight is 488 g/mol. The van der Waals surface area contributed by atoms with Gasteiger partial charge in [0.05, 0.1) is 19.8 Å². The Morgan fingerprint density at radius 2 is 1.85 bits per heavy atom. The van der Waals surface area contributed by atoms with Gasteiger partial charge in [-0.3, -0.25) is 9.69 Å². The maximum atomic E-state index is 12.9. The maximum Gasteiger partial charge on any atom is 0.490 e. The SMILES string of the molecule is CC1Nc2ncnc(N3CCOCC3)c2N(Cc2ccc(Cl)cc2)C1=O.O=C(O)C(F)(F)F. The normalized spacial score (nSPS) is 18.1. The molecular formula is C20H21ClF3N5O4. The van der Waals surface area contributed by atoms with Crippen LogP contribution < -0.4 is 15.1 Å². The van der Waals surface area contributed by atoms with Crippen molar-refractivity contribution < 1.29 is 32.6 Å². The molecule has 3 heterocycles. The second-order valence-corrected chi connectivity index (χ2v) is 7.65. The largest absolute Gasteiger partial charge is 0.490 e. The van der Waals surface area contributed by atoms with Gasteiger partial charge in [-0.05, 0) is 24.6 Å². The topological polar surface area (TPSA) is 108 Å². The highest BCUT2D eigenvalue weighted by Gasteiger charge is 2.38. The van der Waals surface area contributed by atoms with E-state index >= 15 is 0 Å². The van der Waals surface area contributed by atoms with Gasteiger partial charge in [0.15, 0.2) is 11.6 Å². The Balaban J connectivity index is 0.000000383. The van der Waals surface area contributed by atoms with E-state index in [-0.39, 0.29) is 11.9 Å². The molecule has 1 amide bonds. The van der Waals surface area contributed by atoms with Gasteiger partial charge in [0, 0.05) is 18.1 Å². The minimum atomic E-state index is -5.08. The lowest BCUT2D eigenvalue weighted by atomic mass is 10.1. The van der Waals surface area contributed by atoms with E-state index in [1.807, 2.05) is 31.2 Å². The van der Waals surface area contributed by atoms with Gasteiger partial charge < -0.3 is 20.1 Å². The number of carbonyl (C=O) groups is 2. The number of ether oxygens (including phenoxy) is 1. The van der Waals surface area contributed by atoms with E-state index in [1.54, 1.807) is 11.2 Å². The summed E-state index contributed by atoms with van der Waals surface area (Å²) in [6.07, 6.45) is -3.54. The number of aromatic nitrogens is 2. The van der Waals surface area contributed by atoms with Crippen LogP contribution in [0.15, 0.2) is 30.6 Å². The first-order valence-electron chi connectivity index (χ1n) is 9.88. The third kappa shape index (κ3) is 6.02. The zero-order valence-corrected chi connectivity index (χ0v) is 18.2. The van der Waals surface area contributed by atoms with Crippen LogP contribution in [-0.2, 0) is 20.9 Å². The zero-order chi connectivity index (χ0) is 24.2. The fourth-order valence-corrected chi connectivity index (χ4v) is 3.40. The number of benzene rings is 1. The number of halogens is 4. The predicted octanol–water partition coefficient (Wildman–Crippen LogP) is 2.95. The number of amides is 1. The lowest BCUT2D eigenvalue weighted by molar-refractivity contribution is -0.192. The fourth-order valence-electron chi connectivity index (χ4n) is 3.27. The second kappa shape index (κ2) is 10.2. The fraction of sp³-hybridized carbons (Fsp3) is 0.400. The molecule has 33 heavy (non-hydrogen) atoms. The van der Waals surface area contributed by atoms with Crippen LogP contribution in [0, 0.1) is 0 Å². The van der Waals surface area contributed by atoms with Crippen LogP contribution in [0.3, 0.4) is 0 Å². The van der Waals surface area contributed by atoms with Crippen molar-refractivity contribution in [2.75, 3.05) is 41.4 Å². The van der Waals surface area contributed by atoms with Crippen molar-refractivity contribution >= 4 is 40.8 Å². The van der Waals surface area contributed by atoms with E-state index in [0.717, 1.165) is 30.2 Å². The molecule has 0 saturated carbocycles. The van der Waals surface area contributed by atoms with Gasteiger partial charge in [-0.25, -0.2) is 14.8 Å². The first kappa shape index (κ1) is 24.5. The Morgan fingerprint density at radius 3 is 2.42 bits per heavy atom. The molecule has 1 aromatic heterocycles. The lowest BCUT2D eigenvalue weighted by Crippen LogP contribution is -2.47. The number of carboxylic acids is 1. The molecule has 1 atom stereocenters. The Labute approximate surface area is 192 Å². The van der Waals surface area contributed by atoms with E-state index in [4.69, 9.17) is 26.2 Å². The van der Waals surface area contributed by atoms with Crippen molar-refractivity contribution in [3.8, 4) is 0 Å². The van der Waals surface area contributed by atoms with Gasteiger partial charge in [-0.2, -0.15) is 13.2 Å². The van der Waals surface area contributed by atoms with Gasteiger partial charge in [0.25, 0.3) is 0 Å². The van der Waals surface area contributed by atoms with Crippen LogP contribution in [-0.4, -0.2) is 65.5 Å². The standard InChI is InChI=1S/C18H20ClN5O2.C2HF3O2/c1-12-18(25)24(10-13-2-4-14(19)5-3-13)15-16(22-12)20-11-21-17(15)23-6-8-26-9-7-23;3-2(4,5)1(6)7/h2-5,11-12H,6-10H2,1H3,(H,20,21,22);(H,6,7). The third-order valence-electron chi connectivity index (χ3n) is 4.87. The molecule has 2 aliphatic rings. The van der Waals surface area contributed by atoms with Gasteiger partial charge >= 0.3 is 12.1 Å². The van der Waals surface area contributed by atoms with Crippen molar-refractivity contribution in [2.45, 2.75) is 25.7 Å². The summed E-state index contributed by atoms with van der Waals surface area (Å²) in [6.45, 7) is 5.06. The molecule has 2 aliphatic heterocycles. The Bertz CT molecular complexity index is 1000. The molecule has 178 valence electrons. The number of aliphatic carboxylic acids is 1. The third-order valence-corrected chi connectivity index (χ3v) is 5.12. The summed E-state index contributed by atoms with van der Waals surface area (Å²) < 4.78 is 37.2. The lowest BCUT2D eigenvalue weighted by Gasteiger charge is -2.37. The number of anilines is 3. The van der Waals surface area contributed by atoms with E-state index in [1.165, 1.54) is 0 Å². The number of nitrogens with zero attached hydrogens (tertiary/aromatic N) is 4. The molecule has 2 aromatic rings. The van der Waals surface area contributed by atoms with E-state index in [9.17, 15) is 18.0 Å². The Hall–Kier alpha value is -3.12. The Kier molecular flexibility index (Phi) is 7.59. The molecule has 13 heteroatoms. The van der Waals surface area contributed by atoms with E-state index in [2.05, 4.69) is 20.2 Å². The molecule has 1 saturated heterocycles. The highest BCUT2D eigenvalue weighted by Crippen LogP contribution is 2.38. The molecule has 1 fully saturated rings.